The van der Waals surface area contributed by atoms with Gasteiger partial charge in [-0.3, -0.25) is 0 Å². The molecular formula is C2H4N2S2. The lowest BCUT2D eigenvalue weighted by molar-refractivity contribution is 0.801. The van der Waals surface area contributed by atoms with Crippen molar-refractivity contribution in [3.05, 3.63) is 0 Å². The highest BCUT2D eigenvalue weighted by molar-refractivity contribution is 8.22. The lowest BCUT2D eigenvalue weighted by Gasteiger charge is -1.78. The van der Waals surface area contributed by atoms with E-state index in [1.54, 1.807) is 0 Å². The maximum atomic E-state index is 4.76. The monoisotopic (exact) mass is 120 g/mol. The molecule has 6 heavy (non-hydrogen) atoms. The van der Waals surface area contributed by atoms with Crippen LogP contribution in [0.1, 0.15) is 0 Å². The van der Waals surface area contributed by atoms with Gasteiger partial charge < -0.3 is 0 Å². The van der Waals surface area contributed by atoms with Gasteiger partial charge in [0.1, 0.15) is 0 Å². The Bertz CT molecular complexity index is 63.9. The first-order valence-electron chi connectivity index (χ1n) is 1.57. The van der Waals surface area contributed by atoms with Gasteiger partial charge in [0.2, 0.25) is 0 Å². The van der Waals surface area contributed by atoms with E-state index in [-0.39, 0.29) is 0 Å². The Morgan fingerprint density at radius 2 is 2.67 bits per heavy atom. The van der Waals surface area contributed by atoms with Crippen LogP contribution < -0.4 is 10.3 Å². The summed E-state index contributed by atoms with van der Waals surface area (Å²) in [5.41, 5.74) is 2.84. The van der Waals surface area contributed by atoms with Crippen LogP contribution in [-0.2, 0) is 0 Å². The minimum absolute atomic E-state index is 0.819. The summed E-state index contributed by atoms with van der Waals surface area (Å²) in [6.07, 6.45) is 0. The van der Waals surface area contributed by atoms with Crippen LogP contribution >= 0.6 is 24.2 Å². The van der Waals surface area contributed by atoms with Crippen molar-refractivity contribution in [2.24, 2.45) is 0 Å². The predicted molar refractivity (Wildman–Crippen MR) is 31.3 cm³/mol. The zero-order valence-electron chi connectivity index (χ0n) is 3.02. The molecule has 2 N–H and O–H groups in total. The van der Waals surface area contributed by atoms with Gasteiger partial charge in [-0.1, -0.05) is 12.2 Å². The summed E-state index contributed by atoms with van der Waals surface area (Å²) >= 11 is 6.22. The molecular weight excluding hydrogens is 116 g/mol. The average Bonchev–Trinajstić information content (AvgIpc) is 1.86. The van der Waals surface area contributed by atoms with Crippen molar-refractivity contribution in [2.75, 3.05) is 6.54 Å². The first-order chi connectivity index (χ1) is 2.89. The number of hydrogen-bond donors (Lipinski definition) is 2. The predicted octanol–water partition coefficient (Wildman–Crippen LogP) is 0.0698. The van der Waals surface area contributed by atoms with Gasteiger partial charge in [0.25, 0.3) is 0 Å². The third kappa shape index (κ3) is 0.909. The molecule has 1 aliphatic rings. The van der Waals surface area contributed by atoms with Crippen LogP contribution in [0.4, 0.5) is 0 Å². The number of hydrogen-bond acceptors (Lipinski definition) is 4. The lowest BCUT2D eigenvalue weighted by Crippen LogP contribution is -2.17. The Hall–Kier alpha value is 0.360. The normalized spacial score (nSPS) is 22.3. The molecule has 1 heterocycles. The molecule has 1 rings (SSSR count). The largest absolute Gasteiger partial charge is 0.242 e. The summed E-state index contributed by atoms with van der Waals surface area (Å²) in [5.74, 6) is 0. The summed E-state index contributed by atoms with van der Waals surface area (Å²) < 4.78 is 0.981. The van der Waals surface area contributed by atoms with Crippen LogP contribution in [0, 0.1) is 0 Å². The molecule has 1 saturated heterocycles. The summed E-state index contributed by atoms with van der Waals surface area (Å²) in [5, 5.41) is 0. The van der Waals surface area contributed by atoms with Gasteiger partial charge in [0.15, 0.2) is 0 Å². The average molecular weight is 120 g/mol. The second-order valence-corrected chi connectivity index (χ2v) is 2.58. The van der Waals surface area contributed by atoms with Crippen molar-refractivity contribution < 1.29 is 0 Å². The van der Waals surface area contributed by atoms with E-state index in [1.807, 2.05) is 0 Å². The smallest absolute Gasteiger partial charge is 0.0796 e. The van der Waals surface area contributed by atoms with Gasteiger partial charge >= 0.3 is 0 Å². The van der Waals surface area contributed by atoms with E-state index in [0.29, 0.717) is 0 Å². The van der Waals surface area contributed by atoms with Crippen molar-refractivity contribution in [3.63, 3.8) is 0 Å². The van der Waals surface area contributed by atoms with E-state index < -0.39 is 0 Å². The van der Waals surface area contributed by atoms with Gasteiger partial charge in [-0.25, -0.2) is 5.43 Å². The van der Waals surface area contributed by atoms with Crippen molar-refractivity contribution in [3.8, 4) is 0 Å². The quantitative estimate of drug-likeness (QED) is 0.349. The van der Waals surface area contributed by atoms with Gasteiger partial charge in [0, 0.05) is 0 Å². The fourth-order valence-corrected chi connectivity index (χ4v) is 0.837. The lowest BCUT2D eigenvalue weighted by atomic mass is 10.8. The Balaban J connectivity index is 2.37. The number of hydrazine groups is 1. The van der Waals surface area contributed by atoms with Crippen LogP contribution in [0.15, 0.2) is 0 Å². The van der Waals surface area contributed by atoms with Gasteiger partial charge in [0.05, 0.1) is 10.7 Å². The molecule has 0 atom stereocenters. The summed E-state index contributed by atoms with van der Waals surface area (Å²) in [6, 6.07) is 0. The molecule has 0 radical (unpaired) electrons. The van der Waals surface area contributed by atoms with Crippen LogP contribution in [0.2, 0.25) is 0 Å². The molecule has 0 unspecified atom stereocenters. The van der Waals surface area contributed by atoms with Crippen molar-refractivity contribution in [1.82, 2.24) is 10.3 Å². The maximum Gasteiger partial charge on any atom is 0.0796 e. The molecule has 4 heteroatoms. The first-order valence-corrected chi connectivity index (χ1v) is 2.79. The third-order valence-electron chi connectivity index (χ3n) is 0.470. The first kappa shape index (κ1) is 4.52. The van der Waals surface area contributed by atoms with Gasteiger partial charge in [-0.05, 0) is 11.9 Å². The molecule has 0 amide bonds. The van der Waals surface area contributed by atoms with Crippen LogP contribution in [0.5, 0.6) is 0 Å². The van der Waals surface area contributed by atoms with Gasteiger partial charge in [-0.2, -0.15) is 4.83 Å². The van der Waals surface area contributed by atoms with Crippen LogP contribution in [-0.4, -0.2) is 10.7 Å². The van der Waals surface area contributed by atoms with E-state index in [4.69, 9.17) is 12.2 Å². The molecule has 0 spiro atoms. The van der Waals surface area contributed by atoms with Crippen molar-refractivity contribution >= 4 is 28.4 Å². The van der Waals surface area contributed by atoms with Crippen molar-refractivity contribution in [1.29, 1.82) is 0 Å². The Labute approximate surface area is 45.8 Å². The number of thiocarbonyl (C=S) groups is 1. The number of rotatable bonds is 0. The van der Waals surface area contributed by atoms with Crippen LogP contribution in [0.25, 0.3) is 0 Å². The van der Waals surface area contributed by atoms with Crippen molar-refractivity contribution in [2.45, 2.75) is 0 Å². The second-order valence-electron chi connectivity index (χ2n) is 0.930. The highest BCUT2D eigenvalue weighted by Gasteiger charge is 2.01. The standard InChI is InChI=1S/C2H4N2S2/c5-2-1-3-4-6-2/h3-4H,1H2. The highest BCUT2D eigenvalue weighted by atomic mass is 32.2. The molecule has 0 aromatic heterocycles. The van der Waals surface area contributed by atoms with E-state index in [0.717, 1.165) is 10.7 Å². The minimum atomic E-state index is 0.819. The minimum Gasteiger partial charge on any atom is -0.242 e. The van der Waals surface area contributed by atoms with E-state index in [9.17, 15) is 0 Å². The Morgan fingerprint density at radius 1 is 1.83 bits per heavy atom. The van der Waals surface area contributed by atoms with E-state index in [1.165, 1.54) is 11.9 Å². The SMILES string of the molecule is S=C1CNNS1. The fraction of sp³-hybridized carbons (Fsp3) is 0.500. The molecule has 0 aromatic rings. The maximum absolute atomic E-state index is 4.76. The fourth-order valence-electron chi connectivity index (χ4n) is 0.237. The summed E-state index contributed by atoms with van der Waals surface area (Å²) in [4.78, 5) is 2.80. The van der Waals surface area contributed by atoms with E-state index >= 15 is 0 Å². The highest BCUT2D eigenvalue weighted by Crippen LogP contribution is 1.99. The second kappa shape index (κ2) is 1.88. The number of nitrogens with one attached hydrogen (secondary N) is 2. The molecule has 2 nitrogen and oxygen atoms in total. The molecule has 0 aliphatic carbocycles. The molecule has 34 valence electrons. The molecule has 0 aromatic carbocycles. The zero-order chi connectivity index (χ0) is 4.41. The molecule has 0 bridgehead atoms. The third-order valence-corrected chi connectivity index (χ3v) is 1.48. The summed E-state index contributed by atoms with van der Waals surface area (Å²) in [6.45, 7) is 0.819. The Morgan fingerprint density at radius 3 is 2.83 bits per heavy atom. The Kier molecular flexibility index (Phi) is 1.42. The summed E-state index contributed by atoms with van der Waals surface area (Å²) in [7, 11) is 0. The molecule has 1 aliphatic heterocycles. The topological polar surface area (TPSA) is 24.1 Å². The zero-order valence-corrected chi connectivity index (χ0v) is 4.66. The molecule has 1 fully saturated rings. The van der Waals surface area contributed by atoms with Gasteiger partial charge in [-0.15, -0.1) is 0 Å². The molecule has 0 saturated carbocycles. The van der Waals surface area contributed by atoms with E-state index in [2.05, 4.69) is 10.3 Å². The van der Waals surface area contributed by atoms with Crippen LogP contribution in [0.3, 0.4) is 0 Å².